The molecule has 5 heteroatoms. The van der Waals surface area contributed by atoms with Gasteiger partial charge in [-0.1, -0.05) is 18.2 Å². The highest BCUT2D eigenvalue weighted by Gasteiger charge is 2.28. The molecule has 128 valence electrons. The maximum atomic E-state index is 5.30. The lowest BCUT2D eigenvalue weighted by molar-refractivity contribution is 0.126. The number of ether oxygens (including phenoxy) is 1. The zero-order chi connectivity index (χ0) is 17.2. The average molecular weight is 334 g/mol. The summed E-state index contributed by atoms with van der Waals surface area (Å²) in [7, 11) is 1.70. The zero-order valence-corrected chi connectivity index (χ0v) is 14.6. The number of hydrogen-bond acceptors (Lipinski definition) is 4. The quantitative estimate of drug-likeness (QED) is 0.734. The Labute approximate surface area is 147 Å². The third-order valence-corrected chi connectivity index (χ3v) is 4.93. The van der Waals surface area contributed by atoms with Crippen LogP contribution in [0.2, 0.25) is 0 Å². The molecule has 1 aliphatic heterocycles. The Balaban J connectivity index is 1.66. The summed E-state index contributed by atoms with van der Waals surface area (Å²) >= 11 is 0. The molecular formula is C20H22N4O. The lowest BCUT2D eigenvalue weighted by atomic mass is 10.0. The molecule has 1 aliphatic rings. The number of aromatic nitrogens is 3. The molecule has 0 saturated heterocycles. The van der Waals surface area contributed by atoms with Crippen molar-refractivity contribution in [2.24, 2.45) is 0 Å². The Morgan fingerprint density at radius 2 is 1.96 bits per heavy atom. The normalized spacial score (nSPS) is 17.3. The summed E-state index contributed by atoms with van der Waals surface area (Å²) in [6.45, 7) is 4.65. The molecular weight excluding hydrogens is 312 g/mol. The summed E-state index contributed by atoms with van der Waals surface area (Å²) in [6, 6.07) is 12.8. The van der Waals surface area contributed by atoms with Crippen LogP contribution in [0.15, 0.2) is 55.0 Å². The minimum absolute atomic E-state index is 0.286. The monoisotopic (exact) mass is 334 g/mol. The second kappa shape index (κ2) is 6.69. The van der Waals surface area contributed by atoms with E-state index in [-0.39, 0.29) is 6.04 Å². The van der Waals surface area contributed by atoms with Gasteiger partial charge in [-0.2, -0.15) is 0 Å². The van der Waals surface area contributed by atoms with Gasteiger partial charge in [-0.15, -0.1) is 0 Å². The lowest BCUT2D eigenvalue weighted by Gasteiger charge is -2.36. The summed E-state index contributed by atoms with van der Waals surface area (Å²) in [4.78, 5) is 11.5. The van der Waals surface area contributed by atoms with Crippen molar-refractivity contribution >= 4 is 0 Å². The van der Waals surface area contributed by atoms with Crippen molar-refractivity contribution in [1.29, 1.82) is 0 Å². The fourth-order valence-corrected chi connectivity index (χ4v) is 3.44. The van der Waals surface area contributed by atoms with Crippen molar-refractivity contribution in [3.63, 3.8) is 0 Å². The van der Waals surface area contributed by atoms with Crippen LogP contribution in [0.3, 0.4) is 0 Å². The Morgan fingerprint density at radius 3 is 2.72 bits per heavy atom. The van der Waals surface area contributed by atoms with E-state index in [2.05, 4.69) is 50.8 Å². The first-order valence-electron chi connectivity index (χ1n) is 8.53. The number of fused-ring (bicyclic) bond motifs is 1. The number of methoxy groups -OCH3 is 1. The number of benzene rings is 1. The first-order valence-corrected chi connectivity index (χ1v) is 8.53. The van der Waals surface area contributed by atoms with E-state index in [0.29, 0.717) is 0 Å². The number of imidazole rings is 1. The second-order valence-electron chi connectivity index (χ2n) is 6.46. The lowest BCUT2D eigenvalue weighted by Crippen LogP contribution is -2.37. The first kappa shape index (κ1) is 15.8. The zero-order valence-electron chi connectivity index (χ0n) is 14.6. The van der Waals surface area contributed by atoms with Crippen LogP contribution in [0.25, 0.3) is 0 Å². The van der Waals surface area contributed by atoms with E-state index in [4.69, 9.17) is 4.74 Å². The fraction of sp³-hybridized carbons (Fsp3) is 0.300. The van der Waals surface area contributed by atoms with Crippen LogP contribution in [0, 0.1) is 6.92 Å². The molecule has 0 amide bonds. The highest BCUT2D eigenvalue weighted by atomic mass is 16.5. The van der Waals surface area contributed by atoms with Crippen molar-refractivity contribution in [3.05, 3.63) is 77.6 Å². The molecule has 3 aromatic rings. The number of pyridine rings is 1. The summed E-state index contributed by atoms with van der Waals surface area (Å²) in [6.07, 6.45) is 5.82. The molecule has 2 aromatic heterocycles. The molecule has 0 N–H and O–H groups in total. The molecule has 1 unspecified atom stereocenters. The standard InChI is InChI=1S/C20H22N4O/c1-15-4-3-9-21-18(15)12-24-14-20-22-10-11-23(20)13-19(24)16-5-7-17(25-2)8-6-16/h3-11,19H,12-14H2,1-2H3. The molecule has 4 rings (SSSR count). The van der Waals surface area contributed by atoms with Gasteiger partial charge in [0.25, 0.3) is 0 Å². The number of aryl methyl sites for hydroxylation is 1. The molecule has 5 nitrogen and oxygen atoms in total. The maximum absolute atomic E-state index is 5.30. The second-order valence-corrected chi connectivity index (χ2v) is 6.46. The molecule has 1 atom stereocenters. The van der Waals surface area contributed by atoms with Crippen molar-refractivity contribution in [1.82, 2.24) is 19.4 Å². The predicted octanol–water partition coefficient (Wildman–Crippen LogP) is 3.35. The van der Waals surface area contributed by atoms with Crippen LogP contribution in [-0.2, 0) is 19.6 Å². The van der Waals surface area contributed by atoms with E-state index in [9.17, 15) is 0 Å². The van der Waals surface area contributed by atoms with Gasteiger partial charge in [0.15, 0.2) is 0 Å². The molecule has 0 bridgehead atoms. The van der Waals surface area contributed by atoms with E-state index >= 15 is 0 Å². The smallest absolute Gasteiger partial charge is 0.122 e. The highest BCUT2D eigenvalue weighted by molar-refractivity contribution is 5.30. The SMILES string of the molecule is COc1ccc(C2Cn3ccnc3CN2Cc2ncccc2C)cc1. The van der Waals surface area contributed by atoms with E-state index in [0.717, 1.165) is 36.9 Å². The van der Waals surface area contributed by atoms with Crippen molar-refractivity contribution < 1.29 is 4.74 Å². The maximum Gasteiger partial charge on any atom is 0.122 e. The molecule has 0 radical (unpaired) electrons. The highest BCUT2D eigenvalue weighted by Crippen LogP contribution is 2.31. The average Bonchev–Trinajstić information content (AvgIpc) is 3.10. The van der Waals surface area contributed by atoms with E-state index in [1.807, 2.05) is 30.6 Å². The van der Waals surface area contributed by atoms with E-state index < -0.39 is 0 Å². The summed E-state index contributed by atoms with van der Waals surface area (Å²) in [5.74, 6) is 1.99. The topological polar surface area (TPSA) is 43.2 Å². The molecule has 0 saturated carbocycles. The Morgan fingerprint density at radius 1 is 1.12 bits per heavy atom. The van der Waals surface area contributed by atoms with Gasteiger partial charge in [0.1, 0.15) is 11.6 Å². The largest absolute Gasteiger partial charge is 0.497 e. The summed E-state index contributed by atoms with van der Waals surface area (Å²) < 4.78 is 7.55. The Kier molecular flexibility index (Phi) is 4.24. The van der Waals surface area contributed by atoms with Gasteiger partial charge in [0.2, 0.25) is 0 Å². The minimum Gasteiger partial charge on any atom is -0.497 e. The van der Waals surface area contributed by atoms with Crippen molar-refractivity contribution in [3.8, 4) is 5.75 Å². The fourth-order valence-electron chi connectivity index (χ4n) is 3.44. The molecule has 0 fully saturated rings. The van der Waals surface area contributed by atoms with Gasteiger partial charge in [0, 0.05) is 31.7 Å². The van der Waals surface area contributed by atoms with Crippen molar-refractivity contribution in [2.75, 3.05) is 7.11 Å². The summed E-state index contributed by atoms with van der Waals surface area (Å²) in [5.41, 5.74) is 3.64. The van der Waals surface area contributed by atoms with Gasteiger partial charge < -0.3 is 9.30 Å². The Hall–Kier alpha value is -2.66. The Bertz CT molecular complexity index is 856. The van der Waals surface area contributed by atoms with Crippen LogP contribution in [-0.4, -0.2) is 26.5 Å². The van der Waals surface area contributed by atoms with Crippen LogP contribution in [0.5, 0.6) is 5.75 Å². The number of hydrogen-bond donors (Lipinski definition) is 0. The first-order chi connectivity index (χ1) is 12.2. The molecule has 0 aliphatic carbocycles. The van der Waals surface area contributed by atoms with Crippen LogP contribution in [0.4, 0.5) is 0 Å². The molecule has 1 aromatic carbocycles. The third-order valence-electron chi connectivity index (χ3n) is 4.93. The van der Waals surface area contributed by atoms with Crippen LogP contribution < -0.4 is 4.74 Å². The van der Waals surface area contributed by atoms with Gasteiger partial charge >= 0.3 is 0 Å². The molecule has 0 spiro atoms. The van der Waals surface area contributed by atoms with Gasteiger partial charge in [-0.3, -0.25) is 9.88 Å². The minimum atomic E-state index is 0.286. The van der Waals surface area contributed by atoms with Crippen LogP contribution in [0.1, 0.15) is 28.7 Å². The molecule has 25 heavy (non-hydrogen) atoms. The van der Waals surface area contributed by atoms with Gasteiger partial charge in [-0.25, -0.2) is 4.98 Å². The van der Waals surface area contributed by atoms with Crippen LogP contribution >= 0.6 is 0 Å². The van der Waals surface area contributed by atoms with E-state index in [1.165, 1.54) is 11.1 Å². The molecule has 3 heterocycles. The van der Waals surface area contributed by atoms with E-state index in [1.54, 1.807) is 7.11 Å². The number of rotatable bonds is 4. The van der Waals surface area contributed by atoms with Crippen molar-refractivity contribution in [2.45, 2.75) is 32.6 Å². The number of nitrogens with zero attached hydrogens (tertiary/aromatic N) is 4. The predicted molar refractivity (Wildman–Crippen MR) is 96.2 cm³/mol. The third kappa shape index (κ3) is 3.15. The van der Waals surface area contributed by atoms with Gasteiger partial charge in [-0.05, 0) is 36.2 Å². The summed E-state index contributed by atoms with van der Waals surface area (Å²) in [5, 5.41) is 0. The van der Waals surface area contributed by atoms with Gasteiger partial charge in [0.05, 0.1) is 25.4 Å².